The van der Waals surface area contributed by atoms with Gasteiger partial charge in [-0.25, -0.2) is 4.68 Å². The highest BCUT2D eigenvalue weighted by Crippen LogP contribution is 2.35. The van der Waals surface area contributed by atoms with Gasteiger partial charge in [-0.3, -0.25) is 19.5 Å². The van der Waals surface area contributed by atoms with Gasteiger partial charge in [-0.2, -0.15) is 0 Å². The maximum Gasteiger partial charge on any atom is 0.273 e. The summed E-state index contributed by atoms with van der Waals surface area (Å²) in [6.45, 7) is 6.49. The van der Waals surface area contributed by atoms with E-state index < -0.39 is 11.8 Å². The van der Waals surface area contributed by atoms with Gasteiger partial charge in [0.2, 0.25) is 11.8 Å². The number of aromatic amines is 1. The third-order valence-electron chi connectivity index (χ3n) is 4.57. The van der Waals surface area contributed by atoms with Crippen molar-refractivity contribution >= 4 is 17.6 Å². The molecule has 0 spiro atoms. The second kappa shape index (κ2) is 6.23. The molecule has 3 N–H and O–H groups in total. The predicted molar refractivity (Wildman–Crippen MR) is 94.5 cm³/mol. The number of benzene rings is 1. The normalized spacial score (nSPS) is 20.4. The fourth-order valence-electron chi connectivity index (χ4n) is 3.17. The Kier molecular flexibility index (Phi) is 4.24. The number of aromatic nitrogens is 2. The number of H-pyrrole nitrogens is 1. The molecule has 7 heteroatoms. The fourth-order valence-corrected chi connectivity index (χ4v) is 3.17. The van der Waals surface area contributed by atoms with Crippen molar-refractivity contribution in [2.45, 2.75) is 20.8 Å². The van der Waals surface area contributed by atoms with Crippen LogP contribution in [0.3, 0.4) is 0 Å². The second-order valence-electron chi connectivity index (χ2n) is 7.36. The minimum absolute atomic E-state index is 0.108. The van der Waals surface area contributed by atoms with Crippen LogP contribution < -0.4 is 16.2 Å². The maximum atomic E-state index is 12.6. The van der Waals surface area contributed by atoms with Crippen molar-refractivity contribution in [3.63, 3.8) is 0 Å². The standard InChI is InChI=1S/C18H22N4O3/c1-18(2,3)12-10-19-16(24)15(12)17(25)20-13-9-14(23)22(21-13)11-7-5-4-6-8-11/h4-9,12,15,21H,10H2,1-3H3,(H,19,24)(H,20,25). The number of nitrogens with zero attached hydrogens (tertiary/aromatic N) is 1. The summed E-state index contributed by atoms with van der Waals surface area (Å²) in [6.07, 6.45) is 0. The zero-order valence-electron chi connectivity index (χ0n) is 14.5. The van der Waals surface area contributed by atoms with Crippen LogP contribution in [0.2, 0.25) is 0 Å². The molecule has 25 heavy (non-hydrogen) atoms. The molecular weight excluding hydrogens is 320 g/mol. The van der Waals surface area contributed by atoms with Crippen LogP contribution in [0.4, 0.5) is 5.82 Å². The number of hydrogen-bond donors (Lipinski definition) is 3. The molecule has 1 saturated heterocycles. The molecule has 1 aromatic heterocycles. The molecule has 7 nitrogen and oxygen atoms in total. The Hall–Kier alpha value is -2.83. The number of para-hydroxylation sites is 1. The van der Waals surface area contributed by atoms with Gasteiger partial charge in [-0.1, -0.05) is 39.0 Å². The summed E-state index contributed by atoms with van der Waals surface area (Å²) >= 11 is 0. The molecule has 1 aliphatic rings. The van der Waals surface area contributed by atoms with Crippen LogP contribution in [-0.4, -0.2) is 28.1 Å². The minimum atomic E-state index is -0.774. The third-order valence-corrected chi connectivity index (χ3v) is 4.57. The van der Waals surface area contributed by atoms with Gasteiger partial charge in [0.25, 0.3) is 5.56 Å². The Bertz CT molecular complexity index is 845. The SMILES string of the molecule is CC(C)(C)C1CNC(=O)C1C(=O)Nc1cc(=O)n(-c2ccccc2)[nH]1. The number of hydrogen-bond acceptors (Lipinski definition) is 3. The fraction of sp³-hybridized carbons (Fsp3) is 0.389. The zero-order chi connectivity index (χ0) is 18.2. The number of rotatable bonds is 3. The van der Waals surface area contributed by atoms with Gasteiger partial charge < -0.3 is 10.6 Å². The van der Waals surface area contributed by atoms with E-state index in [4.69, 9.17) is 0 Å². The highest BCUT2D eigenvalue weighted by Gasteiger charge is 2.45. The third kappa shape index (κ3) is 3.35. The molecule has 3 rings (SSSR count). The van der Waals surface area contributed by atoms with Crippen LogP contribution in [0.25, 0.3) is 5.69 Å². The van der Waals surface area contributed by atoms with E-state index in [0.717, 1.165) is 0 Å². The predicted octanol–water partition coefficient (Wildman–Crippen LogP) is 1.51. The highest BCUT2D eigenvalue weighted by molar-refractivity contribution is 6.07. The average Bonchev–Trinajstić information content (AvgIpc) is 3.10. The Morgan fingerprint density at radius 3 is 2.52 bits per heavy atom. The minimum Gasteiger partial charge on any atom is -0.355 e. The highest BCUT2D eigenvalue weighted by atomic mass is 16.2. The Morgan fingerprint density at radius 1 is 1.20 bits per heavy atom. The largest absolute Gasteiger partial charge is 0.355 e. The maximum absolute atomic E-state index is 12.6. The Balaban J connectivity index is 1.82. The molecule has 0 saturated carbocycles. The lowest BCUT2D eigenvalue weighted by Crippen LogP contribution is -2.37. The van der Waals surface area contributed by atoms with Crippen LogP contribution in [0.15, 0.2) is 41.2 Å². The Morgan fingerprint density at radius 2 is 1.88 bits per heavy atom. The van der Waals surface area contributed by atoms with Gasteiger partial charge in [0.15, 0.2) is 0 Å². The summed E-state index contributed by atoms with van der Waals surface area (Å²) in [6, 6.07) is 10.4. The van der Waals surface area contributed by atoms with E-state index in [1.165, 1.54) is 10.7 Å². The van der Waals surface area contributed by atoms with E-state index in [1.54, 1.807) is 12.1 Å². The molecule has 0 aliphatic carbocycles. The lowest BCUT2D eigenvalue weighted by atomic mass is 9.74. The van der Waals surface area contributed by atoms with Gasteiger partial charge in [-0.05, 0) is 17.5 Å². The summed E-state index contributed by atoms with van der Waals surface area (Å²) in [4.78, 5) is 36.9. The lowest BCUT2D eigenvalue weighted by Gasteiger charge is -2.29. The van der Waals surface area contributed by atoms with Gasteiger partial charge in [0, 0.05) is 18.5 Å². The smallest absolute Gasteiger partial charge is 0.273 e. The van der Waals surface area contributed by atoms with Crippen molar-refractivity contribution in [3.05, 3.63) is 46.8 Å². The first-order valence-corrected chi connectivity index (χ1v) is 8.23. The molecule has 2 aromatic rings. The van der Waals surface area contributed by atoms with Gasteiger partial charge in [0.05, 0.1) is 5.69 Å². The second-order valence-corrected chi connectivity index (χ2v) is 7.36. The van der Waals surface area contributed by atoms with E-state index in [2.05, 4.69) is 15.7 Å². The molecule has 1 aliphatic heterocycles. The van der Waals surface area contributed by atoms with Crippen molar-refractivity contribution < 1.29 is 9.59 Å². The van der Waals surface area contributed by atoms with E-state index in [9.17, 15) is 14.4 Å². The molecule has 2 amide bonds. The van der Waals surface area contributed by atoms with Crippen LogP contribution in [0, 0.1) is 17.3 Å². The van der Waals surface area contributed by atoms with Crippen molar-refractivity contribution in [2.75, 3.05) is 11.9 Å². The van der Waals surface area contributed by atoms with Crippen LogP contribution >= 0.6 is 0 Å². The molecule has 1 fully saturated rings. The van der Waals surface area contributed by atoms with Gasteiger partial charge in [-0.15, -0.1) is 0 Å². The van der Waals surface area contributed by atoms with E-state index >= 15 is 0 Å². The summed E-state index contributed by atoms with van der Waals surface area (Å²) in [5, 5.41) is 8.29. The molecule has 2 unspecified atom stereocenters. The number of nitrogens with one attached hydrogen (secondary N) is 3. The number of anilines is 1. The van der Waals surface area contributed by atoms with E-state index in [-0.39, 0.29) is 28.6 Å². The molecule has 0 bridgehead atoms. The quantitative estimate of drug-likeness (QED) is 0.738. The monoisotopic (exact) mass is 342 g/mol. The molecular formula is C18H22N4O3. The number of carbonyl (C=O) groups excluding carboxylic acids is 2. The van der Waals surface area contributed by atoms with Gasteiger partial charge >= 0.3 is 0 Å². The topological polar surface area (TPSA) is 96.0 Å². The summed E-state index contributed by atoms with van der Waals surface area (Å²) < 4.78 is 1.34. The van der Waals surface area contributed by atoms with Crippen LogP contribution in [-0.2, 0) is 9.59 Å². The lowest BCUT2D eigenvalue weighted by molar-refractivity contribution is -0.132. The first-order chi connectivity index (χ1) is 11.8. The zero-order valence-corrected chi connectivity index (χ0v) is 14.5. The molecule has 2 heterocycles. The van der Waals surface area contributed by atoms with Crippen molar-refractivity contribution in [3.8, 4) is 5.69 Å². The molecule has 1 aromatic carbocycles. The first-order valence-electron chi connectivity index (χ1n) is 8.23. The molecule has 2 atom stereocenters. The summed E-state index contributed by atoms with van der Waals surface area (Å²) in [7, 11) is 0. The van der Waals surface area contributed by atoms with Gasteiger partial charge in [0.1, 0.15) is 11.7 Å². The van der Waals surface area contributed by atoms with Crippen molar-refractivity contribution in [1.29, 1.82) is 0 Å². The van der Waals surface area contributed by atoms with Crippen molar-refractivity contribution in [2.24, 2.45) is 17.3 Å². The summed E-state index contributed by atoms with van der Waals surface area (Å²) in [5.74, 6) is -1.30. The average molecular weight is 342 g/mol. The molecule has 0 radical (unpaired) electrons. The summed E-state index contributed by atoms with van der Waals surface area (Å²) in [5.41, 5.74) is 0.189. The number of amides is 2. The molecule has 132 valence electrons. The van der Waals surface area contributed by atoms with E-state index in [0.29, 0.717) is 12.2 Å². The first kappa shape index (κ1) is 17.0. The Labute approximate surface area is 145 Å². The van der Waals surface area contributed by atoms with Crippen molar-refractivity contribution in [1.82, 2.24) is 15.1 Å². The van der Waals surface area contributed by atoms with Crippen LogP contribution in [0.5, 0.6) is 0 Å². The van der Waals surface area contributed by atoms with Crippen LogP contribution in [0.1, 0.15) is 20.8 Å². The van der Waals surface area contributed by atoms with E-state index in [1.807, 2.05) is 39.0 Å². The number of carbonyl (C=O) groups is 2.